The summed E-state index contributed by atoms with van der Waals surface area (Å²) in [5, 5.41) is 12.6. The molecule has 0 amide bonds. The molecule has 4 heteroatoms. The fourth-order valence-electron chi connectivity index (χ4n) is 1.86. The maximum atomic E-state index is 9.18. The Morgan fingerprint density at radius 2 is 2.00 bits per heavy atom. The van der Waals surface area contributed by atoms with Crippen LogP contribution in [0.1, 0.15) is 13.8 Å². The van der Waals surface area contributed by atoms with Crippen molar-refractivity contribution in [3.8, 4) is 0 Å². The van der Waals surface area contributed by atoms with E-state index in [1.54, 1.807) is 0 Å². The summed E-state index contributed by atoms with van der Waals surface area (Å²) in [6.07, 6.45) is 0. The molecule has 1 unspecified atom stereocenters. The van der Waals surface area contributed by atoms with E-state index in [1.807, 2.05) is 0 Å². The van der Waals surface area contributed by atoms with Crippen LogP contribution in [0, 0.1) is 11.8 Å². The highest BCUT2D eigenvalue weighted by Crippen LogP contribution is 2.07. The van der Waals surface area contributed by atoms with Crippen LogP contribution < -0.4 is 5.32 Å². The lowest BCUT2D eigenvalue weighted by molar-refractivity contribution is 0.0381. The Bertz CT molecular complexity index is 170. The van der Waals surface area contributed by atoms with Crippen LogP contribution in [0.3, 0.4) is 0 Å². The summed E-state index contributed by atoms with van der Waals surface area (Å²) in [6, 6.07) is 0. The number of aliphatic hydroxyl groups is 1. The van der Waals surface area contributed by atoms with Crippen molar-refractivity contribution < 1.29 is 9.84 Å². The average molecular weight is 230 g/mol. The van der Waals surface area contributed by atoms with Crippen molar-refractivity contribution in [2.45, 2.75) is 13.8 Å². The van der Waals surface area contributed by atoms with Crippen LogP contribution >= 0.6 is 0 Å². The number of ether oxygens (including phenoxy) is 1. The van der Waals surface area contributed by atoms with Crippen LogP contribution in [0.5, 0.6) is 0 Å². The Kier molecular flexibility index (Phi) is 6.96. The highest BCUT2D eigenvalue weighted by molar-refractivity contribution is 4.67. The van der Waals surface area contributed by atoms with Gasteiger partial charge in [-0.05, 0) is 11.8 Å². The van der Waals surface area contributed by atoms with Crippen molar-refractivity contribution in [1.82, 2.24) is 10.2 Å². The molecule has 0 bridgehead atoms. The molecule has 0 radical (unpaired) electrons. The number of nitrogens with one attached hydrogen (secondary N) is 1. The van der Waals surface area contributed by atoms with Crippen LogP contribution in [0.2, 0.25) is 0 Å². The largest absolute Gasteiger partial charge is 0.396 e. The fourth-order valence-corrected chi connectivity index (χ4v) is 1.86. The van der Waals surface area contributed by atoms with Gasteiger partial charge >= 0.3 is 0 Å². The zero-order valence-corrected chi connectivity index (χ0v) is 10.6. The molecule has 0 saturated carbocycles. The van der Waals surface area contributed by atoms with Gasteiger partial charge in [-0.3, -0.25) is 4.90 Å². The van der Waals surface area contributed by atoms with E-state index in [0.717, 1.165) is 45.9 Å². The lowest BCUT2D eigenvalue weighted by Crippen LogP contribution is -2.41. The Labute approximate surface area is 99.0 Å². The van der Waals surface area contributed by atoms with Gasteiger partial charge in [-0.1, -0.05) is 13.8 Å². The van der Waals surface area contributed by atoms with Gasteiger partial charge in [-0.15, -0.1) is 0 Å². The van der Waals surface area contributed by atoms with E-state index < -0.39 is 0 Å². The molecule has 1 fully saturated rings. The first-order valence-electron chi connectivity index (χ1n) is 6.35. The summed E-state index contributed by atoms with van der Waals surface area (Å²) in [7, 11) is 0. The van der Waals surface area contributed by atoms with E-state index in [-0.39, 0.29) is 6.61 Å². The summed E-state index contributed by atoms with van der Waals surface area (Å²) in [5.41, 5.74) is 0. The minimum absolute atomic E-state index is 0.280. The van der Waals surface area contributed by atoms with Gasteiger partial charge in [0.15, 0.2) is 0 Å². The third-order valence-corrected chi connectivity index (χ3v) is 3.29. The van der Waals surface area contributed by atoms with E-state index in [0.29, 0.717) is 11.8 Å². The summed E-state index contributed by atoms with van der Waals surface area (Å²) in [5.74, 6) is 0.922. The normalized spacial score (nSPS) is 20.2. The molecular formula is C12H26N2O2. The van der Waals surface area contributed by atoms with Crippen LogP contribution in [-0.4, -0.2) is 62.6 Å². The van der Waals surface area contributed by atoms with Crippen molar-refractivity contribution in [2.24, 2.45) is 11.8 Å². The monoisotopic (exact) mass is 230 g/mol. The smallest absolute Gasteiger partial charge is 0.0594 e. The predicted octanol–water partition coefficient (Wildman–Crippen LogP) is 0.173. The molecule has 1 atom stereocenters. The Morgan fingerprint density at radius 3 is 2.56 bits per heavy atom. The summed E-state index contributed by atoms with van der Waals surface area (Å²) < 4.78 is 5.30. The van der Waals surface area contributed by atoms with E-state index in [2.05, 4.69) is 24.1 Å². The fraction of sp³-hybridized carbons (Fsp3) is 1.00. The summed E-state index contributed by atoms with van der Waals surface area (Å²) >= 11 is 0. The minimum atomic E-state index is 0.280. The number of nitrogens with zero attached hydrogens (tertiary/aromatic N) is 1. The molecule has 0 aromatic rings. The molecule has 0 spiro atoms. The molecule has 1 heterocycles. The number of aliphatic hydroxyl groups excluding tert-OH is 1. The highest BCUT2D eigenvalue weighted by Gasteiger charge is 2.12. The molecule has 2 N–H and O–H groups in total. The number of rotatable bonds is 7. The van der Waals surface area contributed by atoms with Crippen molar-refractivity contribution in [2.75, 3.05) is 52.5 Å². The van der Waals surface area contributed by atoms with Crippen molar-refractivity contribution in [1.29, 1.82) is 0 Å². The molecule has 1 aliphatic heterocycles. The average Bonchev–Trinajstić information content (AvgIpc) is 2.30. The maximum Gasteiger partial charge on any atom is 0.0594 e. The van der Waals surface area contributed by atoms with Gasteiger partial charge in [0.05, 0.1) is 13.2 Å². The molecule has 0 aromatic carbocycles. The van der Waals surface area contributed by atoms with Gasteiger partial charge in [0, 0.05) is 39.3 Å². The second-order valence-corrected chi connectivity index (χ2v) is 4.84. The quantitative estimate of drug-likeness (QED) is 0.612. The lowest BCUT2D eigenvalue weighted by Gasteiger charge is -2.27. The minimum Gasteiger partial charge on any atom is -0.396 e. The van der Waals surface area contributed by atoms with Crippen LogP contribution in [0.15, 0.2) is 0 Å². The molecule has 4 nitrogen and oxygen atoms in total. The molecule has 0 aromatic heterocycles. The Balaban J connectivity index is 2.01. The van der Waals surface area contributed by atoms with E-state index in [9.17, 15) is 5.11 Å². The van der Waals surface area contributed by atoms with Crippen molar-refractivity contribution >= 4 is 0 Å². The second-order valence-electron chi connectivity index (χ2n) is 4.84. The van der Waals surface area contributed by atoms with Crippen LogP contribution in [0.4, 0.5) is 0 Å². The van der Waals surface area contributed by atoms with Gasteiger partial charge in [0.2, 0.25) is 0 Å². The third-order valence-electron chi connectivity index (χ3n) is 3.29. The van der Waals surface area contributed by atoms with Gasteiger partial charge in [-0.2, -0.15) is 0 Å². The SMILES string of the molecule is CC(C)C(CO)CNCCN1CCOCC1. The highest BCUT2D eigenvalue weighted by atomic mass is 16.5. The molecular weight excluding hydrogens is 204 g/mol. The van der Waals surface area contributed by atoms with E-state index >= 15 is 0 Å². The number of hydrogen-bond donors (Lipinski definition) is 2. The second kappa shape index (κ2) is 8.01. The molecule has 1 rings (SSSR count). The lowest BCUT2D eigenvalue weighted by atomic mass is 9.97. The Morgan fingerprint density at radius 1 is 1.31 bits per heavy atom. The van der Waals surface area contributed by atoms with Gasteiger partial charge in [0.25, 0.3) is 0 Å². The topological polar surface area (TPSA) is 44.7 Å². The molecule has 1 aliphatic rings. The Hall–Kier alpha value is -0.160. The van der Waals surface area contributed by atoms with Crippen molar-refractivity contribution in [3.05, 3.63) is 0 Å². The van der Waals surface area contributed by atoms with Gasteiger partial charge in [0.1, 0.15) is 0 Å². The first-order valence-corrected chi connectivity index (χ1v) is 6.35. The zero-order valence-electron chi connectivity index (χ0n) is 10.6. The number of hydrogen-bond acceptors (Lipinski definition) is 4. The molecule has 0 aliphatic carbocycles. The third kappa shape index (κ3) is 5.25. The summed E-state index contributed by atoms with van der Waals surface area (Å²) in [4.78, 5) is 2.42. The summed E-state index contributed by atoms with van der Waals surface area (Å²) in [6.45, 7) is 11.4. The molecule has 1 saturated heterocycles. The van der Waals surface area contributed by atoms with Crippen LogP contribution in [0.25, 0.3) is 0 Å². The van der Waals surface area contributed by atoms with Gasteiger partial charge in [-0.25, -0.2) is 0 Å². The van der Waals surface area contributed by atoms with E-state index in [1.165, 1.54) is 0 Å². The predicted molar refractivity (Wildman–Crippen MR) is 65.5 cm³/mol. The van der Waals surface area contributed by atoms with Crippen LogP contribution in [-0.2, 0) is 4.74 Å². The van der Waals surface area contributed by atoms with Gasteiger partial charge < -0.3 is 15.2 Å². The number of morpholine rings is 1. The molecule has 96 valence electrons. The molecule has 16 heavy (non-hydrogen) atoms. The van der Waals surface area contributed by atoms with E-state index in [4.69, 9.17) is 4.74 Å². The maximum absolute atomic E-state index is 9.18. The van der Waals surface area contributed by atoms with Crippen molar-refractivity contribution in [3.63, 3.8) is 0 Å². The first-order chi connectivity index (χ1) is 7.74. The zero-order chi connectivity index (χ0) is 11.8. The standard InChI is InChI=1S/C12H26N2O2/c1-11(2)12(10-15)9-13-3-4-14-5-7-16-8-6-14/h11-13,15H,3-10H2,1-2H3. The first kappa shape index (κ1) is 13.9.